The van der Waals surface area contributed by atoms with E-state index in [-0.39, 0.29) is 6.10 Å². The molecule has 0 spiro atoms. The molecule has 0 radical (unpaired) electrons. The summed E-state index contributed by atoms with van der Waals surface area (Å²) in [7, 11) is 0. The normalized spacial score (nSPS) is 16.1. The average Bonchev–Trinajstić information content (AvgIpc) is 2.39. The van der Waals surface area contributed by atoms with Gasteiger partial charge in [0.05, 0.1) is 0 Å². The molecule has 1 aromatic rings. The fourth-order valence-corrected chi connectivity index (χ4v) is 1.92. The molecular formula is C16H27NO. The summed E-state index contributed by atoms with van der Waals surface area (Å²) in [5.41, 5.74) is 1.39. The van der Waals surface area contributed by atoms with Crippen LogP contribution in [0.5, 0.6) is 5.75 Å². The SMILES string of the molecule is CCNC(C)C(C)Oc1ccc(C(C)CC)cc1. The minimum absolute atomic E-state index is 0.180. The molecule has 0 saturated carbocycles. The van der Waals surface area contributed by atoms with Crippen molar-refractivity contribution in [3.8, 4) is 5.75 Å². The van der Waals surface area contributed by atoms with E-state index in [1.54, 1.807) is 0 Å². The minimum atomic E-state index is 0.180. The summed E-state index contributed by atoms with van der Waals surface area (Å²) in [6.45, 7) is 11.8. The Morgan fingerprint density at radius 2 is 1.67 bits per heavy atom. The first-order valence-electron chi connectivity index (χ1n) is 7.08. The molecule has 2 nitrogen and oxygen atoms in total. The summed E-state index contributed by atoms with van der Waals surface area (Å²) in [4.78, 5) is 0. The van der Waals surface area contributed by atoms with Gasteiger partial charge in [0.1, 0.15) is 11.9 Å². The van der Waals surface area contributed by atoms with Crippen LogP contribution in [0.3, 0.4) is 0 Å². The maximum atomic E-state index is 5.93. The maximum Gasteiger partial charge on any atom is 0.119 e. The molecule has 3 atom stereocenters. The predicted octanol–water partition coefficient (Wildman–Crippen LogP) is 3.97. The number of rotatable bonds is 7. The van der Waals surface area contributed by atoms with Gasteiger partial charge in [0.25, 0.3) is 0 Å². The number of hydrogen-bond donors (Lipinski definition) is 1. The largest absolute Gasteiger partial charge is 0.489 e. The van der Waals surface area contributed by atoms with Crippen molar-refractivity contribution in [2.24, 2.45) is 0 Å². The van der Waals surface area contributed by atoms with Crippen molar-refractivity contribution in [2.45, 2.75) is 59.1 Å². The lowest BCUT2D eigenvalue weighted by Gasteiger charge is -2.22. The molecule has 2 heteroatoms. The van der Waals surface area contributed by atoms with E-state index in [0.29, 0.717) is 12.0 Å². The molecule has 0 fully saturated rings. The monoisotopic (exact) mass is 249 g/mol. The van der Waals surface area contributed by atoms with Crippen LogP contribution in [0.25, 0.3) is 0 Å². The Morgan fingerprint density at radius 1 is 1.06 bits per heavy atom. The second-order valence-corrected chi connectivity index (χ2v) is 5.05. The molecule has 0 bridgehead atoms. The highest BCUT2D eigenvalue weighted by Gasteiger charge is 2.12. The van der Waals surface area contributed by atoms with Gasteiger partial charge in [-0.3, -0.25) is 0 Å². The molecule has 1 rings (SSSR count). The van der Waals surface area contributed by atoms with E-state index >= 15 is 0 Å². The molecule has 1 aromatic carbocycles. The molecule has 0 aromatic heterocycles. The third kappa shape index (κ3) is 4.34. The first-order valence-corrected chi connectivity index (χ1v) is 7.08. The van der Waals surface area contributed by atoms with E-state index in [1.165, 1.54) is 12.0 Å². The van der Waals surface area contributed by atoms with E-state index in [9.17, 15) is 0 Å². The summed E-state index contributed by atoms with van der Waals surface area (Å²) in [6.07, 6.45) is 1.35. The number of likely N-dealkylation sites (N-methyl/N-ethyl adjacent to an activating group) is 1. The summed E-state index contributed by atoms with van der Waals surface area (Å²) in [6, 6.07) is 8.87. The Bertz CT molecular complexity index is 333. The first-order chi connectivity index (χ1) is 8.58. The molecule has 18 heavy (non-hydrogen) atoms. The number of benzene rings is 1. The standard InChI is InChI=1S/C16H27NO/c1-6-12(3)15-8-10-16(11-9-15)18-14(5)13(4)17-7-2/h8-14,17H,6-7H2,1-5H3. The minimum Gasteiger partial charge on any atom is -0.489 e. The van der Waals surface area contributed by atoms with Crippen molar-refractivity contribution in [3.05, 3.63) is 29.8 Å². The number of hydrogen-bond acceptors (Lipinski definition) is 2. The van der Waals surface area contributed by atoms with Gasteiger partial charge in [0.15, 0.2) is 0 Å². The smallest absolute Gasteiger partial charge is 0.119 e. The predicted molar refractivity (Wildman–Crippen MR) is 78.4 cm³/mol. The molecule has 0 aliphatic carbocycles. The number of ether oxygens (including phenoxy) is 1. The Morgan fingerprint density at radius 3 is 2.17 bits per heavy atom. The molecule has 0 amide bonds. The van der Waals surface area contributed by atoms with Gasteiger partial charge >= 0.3 is 0 Å². The van der Waals surface area contributed by atoms with Crippen LogP contribution in [-0.4, -0.2) is 18.7 Å². The van der Waals surface area contributed by atoms with E-state index in [1.807, 2.05) is 0 Å². The molecule has 0 heterocycles. The lowest BCUT2D eigenvalue weighted by Crippen LogP contribution is -2.38. The van der Waals surface area contributed by atoms with Crippen molar-refractivity contribution < 1.29 is 4.74 Å². The Labute approximate surface area is 112 Å². The van der Waals surface area contributed by atoms with Crippen LogP contribution in [0.1, 0.15) is 52.5 Å². The lowest BCUT2D eigenvalue weighted by atomic mass is 9.99. The van der Waals surface area contributed by atoms with Crippen molar-refractivity contribution in [2.75, 3.05) is 6.54 Å². The quantitative estimate of drug-likeness (QED) is 0.789. The van der Waals surface area contributed by atoms with Crippen LogP contribution < -0.4 is 10.1 Å². The summed E-state index contributed by atoms with van der Waals surface area (Å²) < 4.78 is 5.93. The highest BCUT2D eigenvalue weighted by molar-refractivity contribution is 5.29. The Hall–Kier alpha value is -1.02. The van der Waals surface area contributed by atoms with Gasteiger partial charge < -0.3 is 10.1 Å². The van der Waals surface area contributed by atoms with Gasteiger partial charge in [0.2, 0.25) is 0 Å². The van der Waals surface area contributed by atoms with Gasteiger partial charge in [-0.25, -0.2) is 0 Å². The highest BCUT2D eigenvalue weighted by atomic mass is 16.5. The summed E-state index contributed by atoms with van der Waals surface area (Å²) in [5, 5.41) is 3.38. The maximum absolute atomic E-state index is 5.93. The van der Waals surface area contributed by atoms with E-state index in [0.717, 1.165) is 12.3 Å². The van der Waals surface area contributed by atoms with E-state index in [2.05, 4.69) is 64.2 Å². The molecule has 0 aliphatic heterocycles. The molecule has 1 N–H and O–H groups in total. The molecule has 0 aliphatic rings. The molecule has 3 unspecified atom stereocenters. The zero-order valence-electron chi connectivity index (χ0n) is 12.4. The second-order valence-electron chi connectivity index (χ2n) is 5.05. The van der Waals surface area contributed by atoms with Crippen LogP contribution >= 0.6 is 0 Å². The van der Waals surface area contributed by atoms with Gasteiger partial charge in [0, 0.05) is 6.04 Å². The third-order valence-corrected chi connectivity index (χ3v) is 3.61. The average molecular weight is 249 g/mol. The van der Waals surface area contributed by atoms with Crippen LogP contribution in [-0.2, 0) is 0 Å². The Kier molecular flexibility index (Phi) is 6.20. The molecular weight excluding hydrogens is 222 g/mol. The zero-order chi connectivity index (χ0) is 13.5. The third-order valence-electron chi connectivity index (χ3n) is 3.61. The fourth-order valence-electron chi connectivity index (χ4n) is 1.92. The van der Waals surface area contributed by atoms with Crippen LogP contribution in [0.15, 0.2) is 24.3 Å². The van der Waals surface area contributed by atoms with Crippen LogP contribution in [0.2, 0.25) is 0 Å². The zero-order valence-corrected chi connectivity index (χ0v) is 12.4. The van der Waals surface area contributed by atoms with Crippen LogP contribution in [0, 0.1) is 0 Å². The summed E-state index contributed by atoms with van der Waals surface area (Å²) in [5.74, 6) is 1.58. The van der Waals surface area contributed by atoms with Gasteiger partial charge in [-0.2, -0.15) is 0 Å². The molecule has 102 valence electrons. The highest BCUT2D eigenvalue weighted by Crippen LogP contribution is 2.22. The van der Waals surface area contributed by atoms with Gasteiger partial charge in [-0.1, -0.05) is 32.9 Å². The van der Waals surface area contributed by atoms with E-state index < -0.39 is 0 Å². The van der Waals surface area contributed by atoms with Crippen molar-refractivity contribution in [1.82, 2.24) is 5.32 Å². The first kappa shape index (κ1) is 15.0. The van der Waals surface area contributed by atoms with Crippen LogP contribution in [0.4, 0.5) is 0 Å². The second kappa shape index (κ2) is 7.42. The van der Waals surface area contributed by atoms with Crippen molar-refractivity contribution in [3.63, 3.8) is 0 Å². The van der Waals surface area contributed by atoms with Crippen molar-refractivity contribution >= 4 is 0 Å². The Balaban J connectivity index is 2.58. The topological polar surface area (TPSA) is 21.3 Å². The van der Waals surface area contributed by atoms with Gasteiger partial charge in [-0.15, -0.1) is 0 Å². The lowest BCUT2D eigenvalue weighted by molar-refractivity contribution is 0.179. The van der Waals surface area contributed by atoms with Crippen molar-refractivity contribution in [1.29, 1.82) is 0 Å². The fraction of sp³-hybridized carbons (Fsp3) is 0.625. The van der Waals surface area contributed by atoms with Gasteiger partial charge in [-0.05, 0) is 50.4 Å². The number of nitrogens with one attached hydrogen (secondary N) is 1. The summed E-state index contributed by atoms with van der Waals surface area (Å²) >= 11 is 0. The molecule has 0 saturated heterocycles. The van der Waals surface area contributed by atoms with E-state index in [4.69, 9.17) is 4.74 Å².